The van der Waals surface area contributed by atoms with Crippen LogP contribution < -0.4 is 0 Å². The Hall–Kier alpha value is -0.810. The highest BCUT2D eigenvalue weighted by Gasteiger charge is 1.99. The van der Waals surface area contributed by atoms with Crippen LogP contribution in [0.4, 0.5) is 0 Å². The van der Waals surface area contributed by atoms with E-state index in [9.17, 15) is 0 Å². The van der Waals surface area contributed by atoms with Crippen LogP contribution in [-0.4, -0.2) is 14.8 Å². The molecular weight excluding hydrogens is 190 g/mol. The number of nitrogens with zero attached hydrogens (tertiary/aromatic N) is 3. The van der Waals surface area contributed by atoms with Crippen LogP contribution in [0.3, 0.4) is 0 Å². The van der Waals surface area contributed by atoms with Gasteiger partial charge in [0.1, 0.15) is 6.33 Å². The fourth-order valence-electron chi connectivity index (χ4n) is 0.931. The molecule has 12 heavy (non-hydrogen) atoms. The second kappa shape index (κ2) is 3.28. The molecule has 2 rings (SSSR count). The zero-order chi connectivity index (χ0) is 8.39. The average molecular weight is 197 g/mol. The molecule has 0 amide bonds. The molecule has 0 aliphatic rings. The molecule has 0 bridgehead atoms. The summed E-state index contributed by atoms with van der Waals surface area (Å²) in [6, 6.07) is 4.11. The summed E-state index contributed by atoms with van der Waals surface area (Å²) < 4.78 is 1.90. The van der Waals surface area contributed by atoms with Crippen molar-refractivity contribution >= 4 is 24.0 Å². The van der Waals surface area contributed by atoms with E-state index in [2.05, 4.69) is 34.3 Å². The highest BCUT2D eigenvalue weighted by atomic mass is 32.1. The highest BCUT2D eigenvalue weighted by Crippen LogP contribution is 2.12. The van der Waals surface area contributed by atoms with E-state index in [1.54, 1.807) is 17.7 Å². The van der Waals surface area contributed by atoms with E-state index < -0.39 is 0 Å². The van der Waals surface area contributed by atoms with E-state index in [1.807, 2.05) is 10.6 Å². The first-order chi connectivity index (χ1) is 5.86. The van der Waals surface area contributed by atoms with Crippen molar-refractivity contribution in [1.29, 1.82) is 0 Å². The van der Waals surface area contributed by atoms with Crippen molar-refractivity contribution in [3.8, 4) is 0 Å². The molecule has 0 saturated heterocycles. The third-order valence-electron chi connectivity index (χ3n) is 1.50. The quantitative estimate of drug-likeness (QED) is 0.742. The van der Waals surface area contributed by atoms with Crippen LogP contribution in [0.25, 0.3) is 0 Å². The van der Waals surface area contributed by atoms with E-state index in [1.165, 1.54) is 4.88 Å². The molecule has 0 N–H and O–H groups in total. The van der Waals surface area contributed by atoms with Gasteiger partial charge in [-0.25, -0.2) is 0 Å². The molecule has 0 fully saturated rings. The molecule has 62 valence electrons. The summed E-state index contributed by atoms with van der Waals surface area (Å²) in [7, 11) is 0. The van der Waals surface area contributed by atoms with Gasteiger partial charge in [-0.3, -0.25) is 0 Å². The van der Waals surface area contributed by atoms with Gasteiger partial charge in [0.05, 0.1) is 6.54 Å². The Morgan fingerprint density at radius 2 is 2.50 bits per heavy atom. The van der Waals surface area contributed by atoms with Crippen molar-refractivity contribution in [1.82, 2.24) is 14.8 Å². The minimum atomic E-state index is 0.656. The second-order valence-corrected chi connectivity index (χ2v) is 3.77. The van der Waals surface area contributed by atoms with Crippen LogP contribution in [0.5, 0.6) is 0 Å². The lowest BCUT2D eigenvalue weighted by molar-refractivity contribution is 0.719. The molecule has 0 radical (unpaired) electrons. The van der Waals surface area contributed by atoms with Gasteiger partial charge in [-0.1, -0.05) is 6.07 Å². The molecule has 0 atom stereocenters. The molecule has 2 aromatic rings. The fraction of sp³-hybridized carbons (Fsp3) is 0.143. The molecule has 0 saturated carbocycles. The Bertz CT molecular complexity index is 352. The maximum absolute atomic E-state index is 4.15. The SMILES string of the molecule is Sc1nncn1Cc1cccs1. The summed E-state index contributed by atoms with van der Waals surface area (Å²) in [5, 5.41) is 10.2. The van der Waals surface area contributed by atoms with Gasteiger partial charge < -0.3 is 4.57 Å². The van der Waals surface area contributed by atoms with E-state index in [-0.39, 0.29) is 0 Å². The van der Waals surface area contributed by atoms with E-state index in [0.717, 1.165) is 6.54 Å². The third-order valence-corrected chi connectivity index (χ3v) is 2.71. The standard InChI is InChI=1S/C7H7N3S2/c11-7-9-8-5-10(7)4-6-2-1-3-12-6/h1-3,5H,4H2,(H,9,11). The Labute approximate surface area is 79.5 Å². The van der Waals surface area contributed by atoms with Gasteiger partial charge in [0.25, 0.3) is 0 Å². The maximum atomic E-state index is 4.15. The Kier molecular flexibility index (Phi) is 2.14. The lowest BCUT2D eigenvalue weighted by Crippen LogP contribution is -1.96. The van der Waals surface area contributed by atoms with E-state index in [4.69, 9.17) is 0 Å². The predicted molar refractivity (Wildman–Crippen MR) is 50.7 cm³/mol. The zero-order valence-electron chi connectivity index (χ0n) is 6.21. The molecule has 3 nitrogen and oxygen atoms in total. The first kappa shape index (κ1) is 7.82. The number of hydrogen-bond acceptors (Lipinski definition) is 4. The van der Waals surface area contributed by atoms with Gasteiger partial charge in [-0.15, -0.1) is 34.2 Å². The smallest absolute Gasteiger partial charge is 0.188 e. The van der Waals surface area contributed by atoms with Crippen molar-refractivity contribution in [2.75, 3.05) is 0 Å². The predicted octanol–water partition coefficient (Wildman–Crippen LogP) is 1.68. The van der Waals surface area contributed by atoms with Crippen molar-refractivity contribution in [2.24, 2.45) is 0 Å². The van der Waals surface area contributed by atoms with Crippen LogP contribution in [0, 0.1) is 0 Å². The molecular formula is C7H7N3S2. The van der Waals surface area contributed by atoms with Gasteiger partial charge in [0, 0.05) is 4.88 Å². The lowest BCUT2D eigenvalue weighted by Gasteiger charge is -1.98. The molecule has 0 aliphatic carbocycles. The lowest BCUT2D eigenvalue weighted by atomic mass is 10.5. The molecule has 2 aromatic heterocycles. The van der Waals surface area contributed by atoms with E-state index >= 15 is 0 Å². The van der Waals surface area contributed by atoms with Gasteiger partial charge in [-0.2, -0.15) is 0 Å². The van der Waals surface area contributed by atoms with Crippen molar-refractivity contribution in [3.63, 3.8) is 0 Å². The Morgan fingerprint density at radius 1 is 1.58 bits per heavy atom. The first-order valence-electron chi connectivity index (χ1n) is 3.45. The normalized spacial score (nSPS) is 10.4. The maximum Gasteiger partial charge on any atom is 0.188 e. The van der Waals surface area contributed by atoms with Gasteiger partial charge in [0.15, 0.2) is 5.16 Å². The summed E-state index contributed by atoms with van der Waals surface area (Å²) in [4.78, 5) is 1.28. The molecule has 5 heteroatoms. The van der Waals surface area contributed by atoms with Crippen LogP contribution >= 0.6 is 24.0 Å². The summed E-state index contributed by atoms with van der Waals surface area (Å²) in [5.74, 6) is 0. The second-order valence-electron chi connectivity index (χ2n) is 2.34. The molecule has 0 aromatic carbocycles. The molecule has 2 heterocycles. The Balaban J connectivity index is 2.20. The topological polar surface area (TPSA) is 30.7 Å². The van der Waals surface area contributed by atoms with Gasteiger partial charge in [-0.05, 0) is 11.4 Å². The first-order valence-corrected chi connectivity index (χ1v) is 4.78. The number of hydrogen-bond donors (Lipinski definition) is 1. The van der Waals surface area contributed by atoms with Crippen LogP contribution in [-0.2, 0) is 6.54 Å². The van der Waals surface area contributed by atoms with Crippen LogP contribution in [0.15, 0.2) is 29.0 Å². The minimum Gasteiger partial charge on any atom is -0.304 e. The largest absolute Gasteiger partial charge is 0.304 e. The van der Waals surface area contributed by atoms with Crippen LogP contribution in [0.1, 0.15) is 4.88 Å². The average Bonchev–Trinajstić information content (AvgIpc) is 2.65. The summed E-state index contributed by atoms with van der Waals surface area (Å²) >= 11 is 5.87. The number of thiol groups is 1. The van der Waals surface area contributed by atoms with Crippen molar-refractivity contribution < 1.29 is 0 Å². The van der Waals surface area contributed by atoms with Gasteiger partial charge >= 0.3 is 0 Å². The third kappa shape index (κ3) is 1.51. The van der Waals surface area contributed by atoms with Gasteiger partial charge in [0.2, 0.25) is 0 Å². The highest BCUT2D eigenvalue weighted by molar-refractivity contribution is 7.80. The van der Waals surface area contributed by atoms with Crippen molar-refractivity contribution in [2.45, 2.75) is 11.7 Å². The summed E-state index contributed by atoms with van der Waals surface area (Å²) in [5.41, 5.74) is 0. The fourth-order valence-corrected chi connectivity index (χ4v) is 1.81. The number of rotatable bonds is 2. The summed E-state index contributed by atoms with van der Waals surface area (Å²) in [6.07, 6.45) is 1.68. The van der Waals surface area contributed by atoms with Crippen LogP contribution in [0.2, 0.25) is 0 Å². The molecule has 0 spiro atoms. The number of thiophene rings is 1. The monoisotopic (exact) mass is 197 g/mol. The van der Waals surface area contributed by atoms with E-state index in [0.29, 0.717) is 5.16 Å². The number of aromatic nitrogens is 3. The summed E-state index contributed by atoms with van der Waals surface area (Å²) in [6.45, 7) is 0.809. The van der Waals surface area contributed by atoms with Crippen molar-refractivity contribution in [3.05, 3.63) is 28.7 Å². The minimum absolute atomic E-state index is 0.656. The zero-order valence-corrected chi connectivity index (χ0v) is 7.92. The molecule has 0 unspecified atom stereocenters. The Morgan fingerprint density at radius 3 is 3.08 bits per heavy atom. The molecule has 0 aliphatic heterocycles.